The molecule has 0 aromatic carbocycles. The number of nitrogens with zero attached hydrogens (tertiary/aromatic N) is 1. The summed E-state index contributed by atoms with van der Waals surface area (Å²) < 4.78 is 25.2. The molecule has 0 saturated heterocycles. The molecule has 1 aliphatic carbocycles. The molecule has 90 valence electrons. The van der Waals surface area contributed by atoms with Gasteiger partial charge in [0.15, 0.2) is 0 Å². The molecule has 0 radical (unpaired) electrons. The molecule has 5 heteroatoms. The summed E-state index contributed by atoms with van der Waals surface area (Å²) in [5.74, 6) is 0.711. The topological polar surface area (TPSA) is 63.4 Å². The molecule has 1 fully saturated rings. The molecule has 0 aromatic rings. The van der Waals surface area contributed by atoms with E-state index in [2.05, 4.69) is 0 Å². The second-order valence-corrected chi connectivity index (χ2v) is 7.47. The lowest BCUT2D eigenvalue weighted by Gasteiger charge is -2.28. The Bertz CT molecular complexity index is 307. The minimum absolute atomic E-state index is 0.147. The van der Waals surface area contributed by atoms with Crippen LogP contribution in [0.2, 0.25) is 0 Å². The third-order valence-corrected chi connectivity index (χ3v) is 4.79. The van der Waals surface area contributed by atoms with E-state index in [1.165, 1.54) is 4.31 Å². The smallest absolute Gasteiger partial charge is 0.214 e. The largest absolute Gasteiger partial charge is 0.330 e. The molecule has 0 atom stereocenters. The third kappa shape index (κ3) is 4.09. The molecule has 0 aromatic heterocycles. The first-order chi connectivity index (χ1) is 6.77. The van der Waals surface area contributed by atoms with Crippen LogP contribution >= 0.6 is 0 Å². The molecule has 0 bridgehead atoms. The van der Waals surface area contributed by atoms with E-state index in [-0.39, 0.29) is 5.41 Å². The quantitative estimate of drug-likeness (QED) is 0.733. The van der Waals surface area contributed by atoms with Gasteiger partial charge in [-0.3, -0.25) is 0 Å². The molecule has 1 rings (SSSR count). The molecule has 0 heterocycles. The van der Waals surface area contributed by atoms with Crippen LogP contribution in [0.5, 0.6) is 0 Å². The SMILES string of the molecule is CN(CC(C)(C)CN)S(=O)(=O)CC1CC1. The third-order valence-electron chi connectivity index (χ3n) is 2.82. The molecule has 2 N–H and O–H groups in total. The van der Waals surface area contributed by atoms with Crippen molar-refractivity contribution in [3.05, 3.63) is 0 Å². The Morgan fingerprint density at radius 3 is 2.33 bits per heavy atom. The maximum absolute atomic E-state index is 11.9. The van der Waals surface area contributed by atoms with Crippen molar-refractivity contribution in [1.82, 2.24) is 4.31 Å². The van der Waals surface area contributed by atoms with E-state index in [9.17, 15) is 8.42 Å². The van der Waals surface area contributed by atoms with Crippen LogP contribution in [0.25, 0.3) is 0 Å². The predicted octanol–water partition coefficient (Wildman–Crippen LogP) is 0.643. The van der Waals surface area contributed by atoms with Gasteiger partial charge in [0.1, 0.15) is 0 Å². The summed E-state index contributed by atoms with van der Waals surface area (Å²) in [7, 11) is -1.41. The Kier molecular flexibility index (Phi) is 3.79. The Morgan fingerprint density at radius 2 is 1.93 bits per heavy atom. The van der Waals surface area contributed by atoms with E-state index < -0.39 is 10.0 Å². The minimum Gasteiger partial charge on any atom is -0.330 e. The fourth-order valence-corrected chi connectivity index (χ4v) is 3.21. The predicted molar refractivity (Wildman–Crippen MR) is 62.0 cm³/mol. The second-order valence-electron chi connectivity index (χ2n) is 5.35. The summed E-state index contributed by atoms with van der Waals surface area (Å²) >= 11 is 0. The summed E-state index contributed by atoms with van der Waals surface area (Å²) in [5, 5.41) is 0. The fourth-order valence-electron chi connectivity index (χ4n) is 1.48. The first-order valence-electron chi connectivity index (χ1n) is 5.41. The Morgan fingerprint density at radius 1 is 1.40 bits per heavy atom. The highest BCUT2D eigenvalue weighted by atomic mass is 32.2. The van der Waals surface area contributed by atoms with E-state index in [0.29, 0.717) is 24.8 Å². The molecule has 0 aliphatic heterocycles. The van der Waals surface area contributed by atoms with Gasteiger partial charge in [-0.2, -0.15) is 0 Å². The van der Waals surface area contributed by atoms with Gasteiger partial charge in [-0.1, -0.05) is 13.8 Å². The Labute approximate surface area is 92.9 Å². The van der Waals surface area contributed by atoms with Crippen LogP contribution in [0, 0.1) is 11.3 Å². The molecule has 4 nitrogen and oxygen atoms in total. The van der Waals surface area contributed by atoms with Gasteiger partial charge >= 0.3 is 0 Å². The van der Waals surface area contributed by atoms with Crippen LogP contribution in [-0.4, -0.2) is 38.6 Å². The van der Waals surface area contributed by atoms with Crippen molar-refractivity contribution in [2.45, 2.75) is 26.7 Å². The van der Waals surface area contributed by atoms with Crippen LogP contribution in [0.4, 0.5) is 0 Å². The van der Waals surface area contributed by atoms with Gasteiger partial charge < -0.3 is 5.73 Å². The lowest BCUT2D eigenvalue weighted by molar-refractivity contribution is 0.291. The van der Waals surface area contributed by atoms with Gasteiger partial charge in [0.25, 0.3) is 0 Å². The highest BCUT2D eigenvalue weighted by Crippen LogP contribution is 2.31. The normalized spacial score (nSPS) is 18.5. The van der Waals surface area contributed by atoms with Crippen molar-refractivity contribution in [1.29, 1.82) is 0 Å². The molecule has 0 amide bonds. The summed E-state index contributed by atoms with van der Waals surface area (Å²) in [6, 6.07) is 0. The van der Waals surface area contributed by atoms with Crippen LogP contribution < -0.4 is 5.73 Å². The van der Waals surface area contributed by atoms with Crippen LogP contribution in [0.15, 0.2) is 0 Å². The second kappa shape index (κ2) is 4.39. The fraction of sp³-hybridized carbons (Fsp3) is 1.00. The molecule has 0 unspecified atom stereocenters. The summed E-state index contributed by atoms with van der Waals surface area (Å²) in [5.41, 5.74) is 5.44. The van der Waals surface area contributed by atoms with Crippen LogP contribution in [-0.2, 0) is 10.0 Å². The van der Waals surface area contributed by atoms with Crippen LogP contribution in [0.1, 0.15) is 26.7 Å². The number of hydrogen-bond acceptors (Lipinski definition) is 3. The van der Waals surface area contributed by atoms with Gasteiger partial charge in [-0.25, -0.2) is 12.7 Å². The lowest BCUT2D eigenvalue weighted by Crippen LogP contribution is -2.40. The molecular formula is C10H22N2O2S. The van der Waals surface area contributed by atoms with Crippen LogP contribution in [0.3, 0.4) is 0 Å². The number of rotatable bonds is 6. The van der Waals surface area contributed by atoms with E-state index in [1.807, 2.05) is 13.8 Å². The van der Waals surface area contributed by atoms with E-state index in [0.717, 1.165) is 12.8 Å². The zero-order valence-corrected chi connectivity index (χ0v) is 10.7. The molecule has 15 heavy (non-hydrogen) atoms. The van der Waals surface area contributed by atoms with Crippen molar-refractivity contribution in [3.63, 3.8) is 0 Å². The van der Waals surface area contributed by atoms with E-state index in [1.54, 1.807) is 7.05 Å². The lowest BCUT2D eigenvalue weighted by atomic mass is 9.94. The van der Waals surface area contributed by atoms with Crippen molar-refractivity contribution in [2.24, 2.45) is 17.1 Å². The van der Waals surface area contributed by atoms with Crippen molar-refractivity contribution in [2.75, 3.05) is 25.9 Å². The van der Waals surface area contributed by atoms with Crippen molar-refractivity contribution in [3.8, 4) is 0 Å². The Balaban J connectivity index is 2.54. The average molecular weight is 234 g/mol. The van der Waals surface area contributed by atoms with Crippen molar-refractivity contribution < 1.29 is 8.42 Å². The standard InChI is InChI=1S/C10H22N2O2S/c1-10(2,7-11)8-12(3)15(13,14)6-9-4-5-9/h9H,4-8,11H2,1-3H3. The molecule has 1 aliphatic rings. The zero-order valence-electron chi connectivity index (χ0n) is 9.86. The first-order valence-corrected chi connectivity index (χ1v) is 7.02. The van der Waals surface area contributed by atoms with Crippen molar-refractivity contribution >= 4 is 10.0 Å². The monoisotopic (exact) mass is 234 g/mol. The van der Waals surface area contributed by atoms with Gasteiger partial charge in [-0.05, 0) is 30.7 Å². The summed E-state index contributed by atoms with van der Waals surface area (Å²) in [6.07, 6.45) is 2.13. The average Bonchev–Trinajstić information content (AvgIpc) is 2.87. The maximum atomic E-state index is 11.9. The number of hydrogen-bond donors (Lipinski definition) is 1. The highest BCUT2D eigenvalue weighted by Gasteiger charge is 2.32. The first kappa shape index (κ1) is 12.9. The van der Waals surface area contributed by atoms with Gasteiger partial charge in [-0.15, -0.1) is 0 Å². The van der Waals surface area contributed by atoms with E-state index in [4.69, 9.17) is 5.73 Å². The molecule has 0 spiro atoms. The van der Waals surface area contributed by atoms with Gasteiger partial charge in [0.05, 0.1) is 5.75 Å². The Hall–Kier alpha value is -0.130. The number of sulfonamides is 1. The van der Waals surface area contributed by atoms with Gasteiger partial charge in [0, 0.05) is 13.6 Å². The van der Waals surface area contributed by atoms with Gasteiger partial charge in [0.2, 0.25) is 10.0 Å². The molecule has 1 saturated carbocycles. The minimum atomic E-state index is -3.06. The molecular weight excluding hydrogens is 212 g/mol. The maximum Gasteiger partial charge on any atom is 0.214 e. The zero-order chi connectivity index (χ0) is 11.7. The number of nitrogens with two attached hydrogens (primary N) is 1. The van der Waals surface area contributed by atoms with E-state index >= 15 is 0 Å². The summed E-state index contributed by atoms with van der Waals surface area (Å²) in [4.78, 5) is 0. The summed E-state index contributed by atoms with van der Waals surface area (Å²) in [6.45, 7) is 4.96. The highest BCUT2D eigenvalue weighted by molar-refractivity contribution is 7.89.